The van der Waals surface area contributed by atoms with E-state index in [4.69, 9.17) is 0 Å². The predicted octanol–water partition coefficient (Wildman–Crippen LogP) is 3.06. The lowest BCUT2D eigenvalue weighted by Gasteiger charge is -2.45. The van der Waals surface area contributed by atoms with Crippen LogP contribution >= 0.6 is 0 Å². The molecule has 150 valence electrons. The topological polar surface area (TPSA) is 99.8 Å². The minimum absolute atomic E-state index is 0.0538. The molecule has 1 aromatic carbocycles. The van der Waals surface area contributed by atoms with Gasteiger partial charge in [-0.15, -0.1) is 0 Å². The molecule has 3 N–H and O–H groups in total. The highest BCUT2D eigenvalue weighted by atomic mass is 19.3. The van der Waals surface area contributed by atoms with E-state index < -0.39 is 30.2 Å². The number of amides is 2. The Balaban J connectivity index is 1.39. The van der Waals surface area contributed by atoms with Crippen LogP contribution in [0.5, 0.6) is 0 Å². The zero-order valence-electron chi connectivity index (χ0n) is 15.6. The molecule has 3 aromatic rings. The molecule has 0 aliphatic heterocycles. The number of carbonyl (C=O) groups is 2. The number of hydrogen-bond donors (Lipinski definition) is 3. The average molecular weight is 399 g/mol. The Morgan fingerprint density at radius 3 is 2.76 bits per heavy atom. The van der Waals surface area contributed by atoms with Gasteiger partial charge in [-0.3, -0.25) is 19.7 Å². The van der Waals surface area contributed by atoms with Crippen molar-refractivity contribution in [2.45, 2.75) is 37.6 Å². The van der Waals surface area contributed by atoms with Crippen molar-refractivity contribution in [2.24, 2.45) is 0 Å². The first-order valence-electron chi connectivity index (χ1n) is 9.10. The first kappa shape index (κ1) is 19.0. The maximum absolute atomic E-state index is 13.1. The van der Waals surface area contributed by atoms with Crippen LogP contribution in [0.3, 0.4) is 0 Å². The van der Waals surface area contributed by atoms with Crippen molar-refractivity contribution in [1.82, 2.24) is 20.5 Å². The standard InChI is InChI=1S/C20H19F2N5O2/c1-19(10-20(21,22)11-19)26-18(29)16-8-14(4-5-23-16)25-17(28)7-12-2-3-13-9-24-27-15(13)6-12/h2-6,8-9H,7,10-11H2,1H3,(H,24,27)(H,26,29)(H,23,25,28). The number of anilines is 1. The highest BCUT2D eigenvalue weighted by Gasteiger charge is 2.54. The van der Waals surface area contributed by atoms with Crippen LogP contribution in [0, 0.1) is 0 Å². The number of rotatable bonds is 5. The highest BCUT2D eigenvalue weighted by Crippen LogP contribution is 2.45. The number of halogens is 2. The summed E-state index contributed by atoms with van der Waals surface area (Å²) in [5.74, 6) is -3.55. The number of fused-ring (bicyclic) bond motifs is 1. The summed E-state index contributed by atoms with van der Waals surface area (Å²) in [6, 6.07) is 8.55. The minimum atomic E-state index is -2.75. The van der Waals surface area contributed by atoms with Crippen molar-refractivity contribution < 1.29 is 18.4 Å². The van der Waals surface area contributed by atoms with Crippen LogP contribution in [-0.2, 0) is 11.2 Å². The number of aromatic nitrogens is 3. The maximum atomic E-state index is 13.1. The molecule has 4 rings (SSSR count). The molecule has 2 amide bonds. The van der Waals surface area contributed by atoms with Gasteiger partial charge in [-0.25, -0.2) is 8.78 Å². The molecule has 1 saturated carbocycles. The number of benzene rings is 1. The Morgan fingerprint density at radius 1 is 1.21 bits per heavy atom. The molecule has 0 saturated heterocycles. The second-order valence-corrected chi connectivity index (χ2v) is 7.67. The number of H-pyrrole nitrogens is 1. The summed E-state index contributed by atoms with van der Waals surface area (Å²) in [5.41, 5.74) is 1.16. The van der Waals surface area contributed by atoms with Crippen molar-refractivity contribution >= 4 is 28.4 Å². The Morgan fingerprint density at radius 2 is 2.00 bits per heavy atom. The van der Waals surface area contributed by atoms with Crippen LogP contribution in [-0.4, -0.2) is 38.5 Å². The molecule has 2 heterocycles. The van der Waals surface area contributed by atoms with Crippen molar-refractivity contribution in [3.63, 3.8) is 0 Å². The average Bonchev–Trinajstić information content (AvgIpc) is 3.07. The van der Waals surface area contributed by atoms with Crippen LogP contribution in [0.1, 0.15) is 35.8 Å². The molecule has 2 aromatic heterocycles. The van der Waals surface area contributed by atoms with E-state index in [2.05, 4.69) is 25.8 Å². The van der Waals surface area contributed by atoms with E-state index in [9.17, 15) is 18.4 Å². The molecule has 1 fully saturated rings. The van der Waals surface area contributed by atoms with Crippen LogP contribution in [0.25, 0.3) is 10.9 Å². The third-order valence-electron chi connectivity index (χ3n) is 4.86. The third-order valence-corrected chi connectivity index (χ3v) is 4.86. The molecular weight excluding hydrogens is 380 g/mol. The fourth-order valence-corrected chi connectivity index (χ4v) is 3.63. The minimum Gasteiger partial charge on any atom is -0.345 e. The molecule has 0 atom stereocenters. The third kappa shape index (κ3) is 4.23. The summed E-state index contributed by atoms with van der Waals surface area (Å²) in [7, 11) is 0. The van der Waals surface area contributed by atoms with Gasteiger partial charge >= 0.3 is 0 Å². The number of hydrogen-bond acceptors (Lipinski definition) is 4. The lowest BCUT2D eigenvalue weighted by Crippen LogP contribution is -2.60. The summed E-state index contributed by atoms with van der Waals surface area (Å²) < 4.78 is 26.2. The number of carbonyl (C=O) groups excluding carboxylic acids is 2. The van der Waals surface area contributed by atoms with Crippen LogP contribution < -0.4 is 10.6 Å². The molecular formula is C20H19F2N5O2. The predicted molar refractivity (Wildman–Crippen MR) is 103 cm³/mol. The number of nitrogens with one attached hydrogen (secondary N) is 3. The first-order valence-corrected chi connectivity index (χ1v) is 9.10. The Kier molecular flexibility index (Phi) is 4.52. The summed E-state index contributed by atoms with van der Waals surface area (Å²) in [5, 5.41) is 13.1. The van der Waals surface area contributed by atoms with Crippen molar-refractivity contribution in [2.75, 3.05) is 5.32 Å². The van der Waals surface area contributed by atoms with Gasteiger partial charge in [0.05, 0.1) is 18.1 Å². The SMILES string of the molecule is CC1(NC(=O)c2cc(NC(=O)Cc3ccc4cn[nH]c4c3)ccn2)CC(F)(F)C1. The van der Waals surface area contributed by atoms with Crippen LogP contribution in [0.2, 0.25) is 0 Å². The lowest BCUT2D eigenvalue weighted by molar-refractivity contribution is -0.124. The van der Waals surface area contributed by atoms with E-state index in [-0.39, 0.29) is 18.0 Å². The monoisotopic (exact) mass is 399 g/mol. The van der Waals surface area contributed by atoms with Gasteiger partial charge in [-0.2, -0.15) is 5.10 Å². The lowest BCUT2D eigenvalue weighted by atomic mass is 9.75. The second-order valence-electron chi connectivity index (χ2n) is 7.67. The zero-order valence-corrected chi connectivity index (χ0v) is 15.6. The quantitative estimate of drug-likeness (QED) is 0.614. The van der Waals surface area contributed by atoms with E-state index >= 15 is 0 Å². The number of aromatic amines is 1. The number of nitrogens with zero attached hydrogens (tertiary/aromatic N) is 2. The van der Waals surface area contributed by atoms with Crippen molar-refractivity contribution in [3.05, 3.63) is 54.0 Å². The van der Waals surface area contributed by atoms with E-state index in [1.165, 1.54) is 12.3 Å². The van der Waals surface area contributed by atoms with Gasteiger partial charge in [-0.1, -0.05) is 12.1 Å². The van der Waals surface area contributed by atoms with E-state index in [1.54, 1.807) is 19.2 Å². The van der Waals surface area contributed by atoms with E-state index in [0.29, 0.717) is 5.69 Å². The fourth-order valence-electron chi connectivity index (χ4n) is 3.63. The molecule has 1 aliphatic rings. The highest BCUT2D eigenvalue weighted by molar-refractivity contribution is 5.96. The van der Waals surface area contributed by atoms with Crippen LogP contribution in [0.4, 0.5) is 14.5 Å². The second kappa shape index (κ2) is 6.91. The Hall–Kier alpha value is -3.36. The Bertz CT molecular complexity index is 1090. The zero-order chi connectivity index (χ0) is 20.6. The van der Waals surface area contributed by atoms with Gasteiger partial charge in [0.2, 0.25) is 5.91 Å². The molecule has 9 heteroatoms. The molecule has 0 spiro atoms. The molecule has 0 bridgehead atoms. The first-order chi connectivity index (χ1) is 13.7. The molecule has 0 radical (unpaired) electrons. The number of alkyl halides is 2. The Labute approximate surface area is 164 Å². The van der Waals surface area contributed by atoms with Gasteiger partial charge in [0.15, 0.2) is 0 Å². The molecule has 0 unspecified atom stereocenters. The normalized spacial score (nSPS) is 16.8. The van der Waals surface area contributed by atoms with Gasteiger partial charge in [-0.05, 0) is 30.7 Å². The molecule has 1 aliphatic carbocycles. The van der Waals surface area contributed by atoms with E-state index in [0.717, 1.165) is 16.5 Å². The van der Waals surface area contributed by atoms with Gasteiger partial charge in [0.1, 0.15) is 5.69 Å². The maximum Gasteiger partial charge on any atom is 0.270 e. The summed E-state index contributed by atoms with van der Waals surface area (Å²) >= 11 is 0. The van der Waals surface area contributed by atoms with Gasteiger partial charge in [0.25, 0.3) is 11.8 Å². The van der Waals surface area contributed by atoms with Crippen molar-refractivity contribution in [1.29, 1.82) is 0 Å². The summed E-state index contributed by atoms with van der Waals surface area (Å²) in [6.45, 7) is 1.57. The van der Waals surface area contributed by atoms with Gasteiger partial charge < -0.3 is 10.6 Å². The molecule has 29 heavy (non-hydrogen) atoms. The van der Waals surface area contributed by atoms with Crippen LogP contribution in [0.15, 0.2) is 42.7 Å². The van der Waals surface area contributed by atoms with Gasteiger partial charge in [0, 0.05) is 35.7 Å². The largest absolute Gasteiger partial charge is 0.345 e. The van der Waals surface area contributed by atoms with E-state index in [1.807, 2.05) is 18.2 Å². The number of pyridine rings is 1. The molecule has 7 nitrogen and oxygen atoms in total. The smallest absolute Gasteiger partial charge is 0.270 e. The summed E-state index contributed by atoms with van der Waals surface area (Å²) in [4.78, 5) is 28.7. The summed E-state index contributed by atoms with van der Waals surface area (Å²) in [6.07, 6.45) is 2.43. The van der Waals surface area contributed by atoms with Crippen molar-refractivity contribution in [3.8, 4) is 0 Å². The fraction of sp³-hybridized carbons (Fsp3) is 0.300.